The van der Waals surface area contributed by atoms with Crippen LogP contribution in [0.25, 0.3) is 0 Å². The molecular formula is C16H26N2O2. The van der Waals surface area contributed by atoms with Gasteiger partial charge in [-0.2, -0.15) is 0 Å². The lowest BCUT2D eigenvalue weighted by atomic mass is 10.0. The van der Waals surface area contributed by atoms with Crippen LogP contribution < -0.4 is 15.8 Å². The third kappa shape index (κ3) is 6.06. The van der Waals surface area contributed by atoms with Crippen LogP contribution in [0.1, 0.15) is 32.8 Å². The van der Waals surface area contributed by atoms with Crippen LogP contribution in [-0.2, 0) is 4.79 Å². The highest BCUT2D eigenvalue weighted by Crippen LogP contribution is 2.13. The van der Waals surface area contributed by atoms with Crippen molar-refractivity contribution in [1.29, 1.82) is 0 Å². The summed E-state index contributed by atoms with van der Waals surface area (Å²) in [6.07, 6.45) is 0.604. The smallest absolute Gasteiger partial charge is 0.237 e. The van der Waals surface area contributed by atoms with Crippen LogP contribution in [0.2, 0.25) is 0 Å². The molecule has 0 radical (unpaired) electrons. The summed E-state index contributed by atoms with van der Waals surface area (Å²) in [5.74, 6) is 1.11. The SMILES string of the molecule is Cc1ccc(OC(C)CNC(=O)[C@@H](N)CC(C)C)cc1. The summed E-state index contributed by atoms with van der Waals surface area (Å²) in [6, 6.07) is 7.41. The predicted molar refractivity (Wildman–Crippen MR) is 81.7 cm³/mol. The van der Waals surface area contributed by atoms with Gasteiger partial charge in [0.1, 0.15) is 11.9 Å². The number of ether oxygens (including phenoxy) is 1. The molecule has 0 heterocycles. The second-order valence-corrected chi connectivity index (χ2v) is 5.72. The van der Waals surface area contributed by atoms with Gasteiger partial charge in [-0.1, -0.05) is 31.5 Å². The van der Waals surface area contributed by atoms with E-state index in [2.05, 4.69) is 19.2 Å². The van der Waals surface area contributed by atoms with Gasteiger partial charge in [0.2, 0.25) is 5.91 Å². The maximum atomic E-state index is 11.8. The van der Waals surface area contributed by atoms with E-state index < -0.39 is 6.04 Å². The Morgan fingerprint density at radius 3 is 2.40 bits per heavy atom. The summed E-state index contributed by atoms with van der Waals surface area (Å²) < 4.78 is 5.73. The van der Waals surface area contributed by atoms with Gasteiger partial charge >= 0.3 is 0 Å². The third-order valence-corrected chi connectivity index (χ3v) is 2.98. The average Bonchev–Trinajstić information content (AvgIpc) is 2.38. The van der Waals surface area contributed by atoms with Gasteiger partial charge < -0.3 is 15.8 Å². The average molecular weight is 278 g/mol. The second kappa shape index (κ2) is 7.90. The van der Waals surface area contributed by atoms with Gasteiger partial charge in [-0.25, -0.2) is 0 Å². The molecule has 1 aromatic rings. The van der Waals surface area contributed by atoms with Crippen molar-refractivity contribution < 1.29 is 9.53 Å². The van der Waals surface area contributed by atoms with Crippen LogP contribution in [0.15, 0.2) is 24.3 Å². The van der Waals surface area contributed by atoms with E-state index in [9.17, 15) is 4.79 Å². The monoisotopic (exact) mass is 278 g/mol. The molecule has 1 amide bonds. The Balaban J connectivity index is 2.34. The number of aryl methyl sites for hydroxylation is 1. The Bertz CT molecular complexity index is 415. The Morgan fingerprint density at radius 1 is 1.25 bits per heavy atom. The van der Waals surface area contributed by atoms with Crippen LogP contribution in [-0.4, -0.2) is 24.6 Å². The first kappa shape index (κ1) is 16.5. The maximum absolute atomic E-state index is 11.8. The van der Waals surface area contributed by atoms with Crippen molar-refractivity contribution in [2.75, 3.05) is 6.54 Å². The van der Waals surface area contributed by atoms with Crippen LogP contribution in [0.4, 0.5) is 0 Å². The molecule has 1 rings (SSSR count). The fourth-order valence-corrected chi connectivity index (χ4v) is 1.88. The molecule has 20 heavy (non-hydrogen) atoms. The minimum Gasteiger partial charge on any atom is -0.489 e. The zero-order valence-corrected chi connectivity index (χ0v) is 12.8. The normalized spacial score (nSPS) is 13.9. The lowest BCUT2D eigenvalue weighted by Crippen LogP contribution is -2.44. The van der Waals surface area contributed by atoms with Crippen molar-refractivity contribution in [3.63, 3.8) is 0 Å². The van der Waals surface area contributed by atoms with Gasteiger partial charge in [0.15, 0.2) is 0 Å². The summed E-state index contributed by atoms with van der Waals surface area (Å²) in [4.78, 5) is 11.8. The highest BCUT2D eigenvalue weighted by molar-refractivity contribution is 5.81. The first-order valence-electron chi connectivity index (χ1n) is 7.15. The predicted octanol–water partition coefficient (Wildman–Crippen LogP) is 2.25. The largest absolute Gasteiger partial charge is 0.489 e. The van der Waals surface area contributed by atoms with Crippen LogP contribution in [0.3, 0.4) is 0 Å². The highest BCUT2D eigenvalue weighted by atomic mass is 16.5. The Kier molecular flexibility index (Phi) is 6.52. The van der Waals surface area contributed by atoms with Crippen molar-refractivity contribution in [3.8, 4) is 5.75 Å². The highest BCUT2D eigenvalue weighted by Gasteiger charge is 2.15. The molecule has 0 bridgehead atoms. The van der Waals surface area contributed by atoms with E-state index in [0.29, 0.717) is 18.9 Å². The van der Waals surface area contributed by atoms with E-state index in [-0.39, 0.29) is 12.0 Å². The van der Waals surface area contributed by atoms with Crippen LogP contribution in [0.5, 0.6) is 5.75 Å². The van der Waals surface area contributed by atoms with Crippen molar-refractivity contribution in [1.82, 2.24) is 5.32 Å². The molecule has 4 nitrogen and oxygen atoms in total. The van der Waals surface area contributed by atoms with Crippen molar-refractivity contribution in [3.05, 3.63) is 29.8 Å². The molecule has 0 fully saturated rings. The van der Waals surface area contributed by atoms with Gasteiger partial charge in [-0.3, -0.25) is 4.79 Å². The molecule has 1 aromatic carbocycles. The molecule has 0 aliphatic carbocycles. The molecule has 0 aliphatic heterocycles. The van der Waals surface area contributed by atoms with Crippen LogP contribution in [0, 0.1) is 12.8 Å². The van der Waals surface area contributed by atoms with E-state index in [1.165, 1.54) is 5.56 Å². The number of nitrogens with one attached hydrogen (secondary N) is 1. The van der Waals surface area contributed by atoms with E-state index in [0.717, 1.165) is 5.75 Å². The van der Waals surface area contributed by atoms with E-state index in [1.807, 2.05) is 38.1 Å². The summed E-state index contributed by atoms with van der Waals surface area (Å²) in [5, 5.41) is 2.83. The molecule has 2 atom stereocenters. The van der Waals surface area contributed by atoms with Crippen molar-refractivity contribution >= 4 is 5.91 Å². The van der Waals surface area contributed by atoms with E-state index in [4.69, 9.17) is 10.5 Å². The lowest BCUT2D eigenvalue weighted by Gasteiger charge is -2.18. The minimum atomic E-state index is -0.443. The van der Waals surface area contributed by atoms with Crippen LogP contribution >= 0.6 is 0 Å². The standard InChI is InChI=1S/C16H26N2O2/c1-11(2)9-15(17)16(19)18-10-13(4)20-14-7-5-12(3)6-8-14/h5-8,11,13,15H,9-10,17H2,1-4H3,(H,18,19)/t13?,15-/m0/s1. The third-order valence-electron chi connectivity index (χ3n) is 2.98. The molecule has 0 aromatic heterocycles. The summed E-state index contributed by atoms with van der Waals surface area (Å²) in [7, 11) is 0. The second-order valence-electron chi connectivity index (χ2n) is 5.72. The quantitative estimate of drug-likeness (QED) is 0.804. The van der Waals surface area contributed by atoms with E-state index >= 15 is 0 Å². The zero-order valence-electron chi connectivity index (χ0n) is 12.8. The number of amides is 1. The van der Waals surface area contributed by atoms with Crippen molar-refractivity contribution in [2.24, 2.45) is 11.7 Å². The molecule has 112 valence electrons. The van der Waals surface area contributed by atoms with Gasteiger partial charge in [0, 0.05) is 0 Å². The van der Waals surface area contributed by atoms with Gasteiger partial charge in [-0.15, -0.1) is 0 Å². The number of hydrogen-bond acceptors (Lipinski definition) is 3. The fourth-order valence-electron chi connectivity index (χ4n) is 1.88. The Labute approximate surface area is 121 Å². The number of benzene rings is 1. The topological polar surface area (TPSA) is 64.3 Å². The van der Waals surface area contributed by atoms with Gasteiger partial charge in [-0.05, 0) is 38.3 Å². The summed E-state index contributed by atoms with van der Waals surface area (Å²) in [5.41, 5.74) is 7.01. The molecule has 0 saturated carbocycles. The number of carbonyl (C=O) groups excluding carboxylic acids is 1. The van der Waals surface area contributed by atoms with Gasteiger partial charge in [0.05, 0.1) is 12.6 Å². The molecule has 4 heteroatoms. The zero-order chi connectivity index (χ0) is 15.1. The molecule has 1 unspecified atom stereocenters. The molecule has 0 spiro atoms. The minimum absolute atomic E-state index is 0.0899. The summed E-state index contributed by atoms with van der Waals surface area (Å²) in [6.45, 7) is 8.52. The molecule has 0 aliphatic rings. The Morgan fingerprint density at radius 2 is 1.85 bits per heavy atom. The number of carbonyl (C=O) groups is 1. The molecular weight excluding hydrogens is 252 g/mol. The summed E-state index contributed by atoms with van der Waals surface area (Å²) >= 11 is 0. The van der Waals surface area contributed by atoms with E-state index in [1.54, 1.807) is 0 Å². The number of hydrogen-bond donors (Lipinski definition) is 2. The first-order valence-corrected chi connectivity index (χ1v) is 7.15. The maximum Gasteiger partial charge on any atom is 0.237 e. The Hall–Kier alpha value is -1.55. The molecule has 0 saturated heterocycles. The fraction of sp³-hybridized carbons (Fsp3) is 0.562. The molecule has 3 N–H and O–H groups in total. The van der Waals surface area contributed by atoms with Crippen molar-refractivity contribution in [2.45, 2.75) is 46.3 Å². The number of nitrogens with two attached hydrogens (primary N) is 1. The number of rotatable bonds is 7. The first-order chi connectivity index (χ1) is 9.38. The lowest BCUT2D eigenvalue weighted by molar-refractivity contribution is -0.123. The van der Waals surface area contributed by atoms with Gasteiger partial charge in [0.25, 0.3) is 0 Å².